The van der Waals surface area contributed by atoms with Crippen LogP contribution in [0.2, 0.25) is 0 Å². The van der Waals surface area contributed by atoms with E-state index in [4.69, 9.17) is 0 Å². The van der Waals surface area contributed by atoms with Crippen molar-refractivity contribution in [2.75, 3.05) is 10.8 Å². The Hall–Kier alpha value is -3.65. The van der Waals surface area contributed by atoms with Crippen molar-refractivity contribution >= 4 is 27.5 Å². The van der Waals surface area contributed by atoms with Crippen LogP contribution in [0.4, 0.5) is 5.69 Å². The number of nitrogens with zero attached hydrogens (tertiary/aromatic N) is 2. The predicted octanol–water partition coefficient (Wildman–Crippen LogP) is 5.26. The Morgan fingerprint density at radius 3 is 1.95 bits per heavy atom. The number of carbonyl (C=O) groups excluding carboxylic acids is 2. The van der Waals surface area contributed by atoms with Gasteiger partial charge in [-0.3, -0.25) is 13.9 Å². The molecule has 0 saturated carbocycles. The molecule has 3 aromatic carbocycles. The van der Waals surface area contributed by atoms with Gasteiger partial charge in [0.15, 0.2) is 0 Å². The van der Waals surface area contributed by atoms with Crippen molar-refractivity contribution < 1.29 is 18.0 Å². The summed E-state index contributed by atoms with van der Waals surface area (Å²) in [6, 6.07) is 22.0. The van der Waals surface area contributed by atoms with Crippen LogP contribution in [-0.2, 0) is 26.2 Å². The fourth-order valence-corrected chi connectivity index (χ4v) is 5.59. The fourth-order valence-electron chi connectivity index (χ4n) is 4.15. The Morgan fingerprint density at radius 1 is 0.821 bits per heavy atom. The molecule has 0 spiro atoms. The molecule has 7 nitrogen and oxygen atoms in total. The van der Waals surface area contributed by atoms with E-state index in [2.05, 4.69) is 19.2 Å². The highest BCUT2D eigenvalue weighted by molar-refractivity contribution is 7.92. The molecule has 0 aliphatic heterocycles. The maximum atomic E-state index is 13.9. The van der Waals surface area contributed by atoms with E-state index in [0.717, 1.165) is 21.0 Å². The van der Waals surface area contributed by atoms with Crippen LogP contribution in [0.5, 0.6) is 0 Å². The van der Waals surface area contributed by atoms with E-state index < -0.39 is 28.5 Å². The van der Waals surface area contributed by atoms with E-state index in [1.165, 1.54) is 17.0 Å². The summed E-state index contributed by atoms with van der Waals surface area (Å²) in [6.07, 6.45) is 0. The van der Waals surface area contributed by atoms with E-state index in [-0.39, 0.29) is 29.3 Å². The lowest BCUT2D eigenvalue weighted by molar-refractivity contribution is -0.139. The van der Waals surface area contributed by atoms with Crippen LogP contribution in [-0.4, -0.2) is 43.8 Å². The Bertz CT molecular complexity index is 1350. The van der Waals surface area contributed by atoms with Gasteiger partial charge < -0.3 is 10.2 Å². The first kappa shape index (κ1) is 29.9. The SMILES string of the molecule is Cc1ccc(CN(C(=O)CN(c2ccc(C(C)C)cc2)S(=O)(=O)c2ccccc2)[C@@H](C)C(=O)NC(C)C)cc1. The molecule has 0 unspecified atom stereocenters. The van der Waals surface area contributed by atoms with Gasteiger partial charge in [0, 0.05) is 12.6 Å². The second kappa shape index (κ2) is 12.9. The second-order valence-electron chi connectivity index (χ2n) is 10.4. The molecule has 0 aliphatic rings. The van der Waals surface area contributed by atoms with Gasteiger partial charge >= 0.3 is 0 Å². The fraction of sp³-hybridized carbons (Fsp3) is 0.355. The van der Waals surface area contributed by atoms with Crippen LogP contribution < -0.4 is 9.62 Å². The minimum absolute atomic E-state index is 0.0846. The number of hydrogen-bond donors (Lipinski definition) is 1. The molecule has 8 heteroatoms. The Kier molecular flexibility index (Phi) is 9.92. The van der Waals surface area contributed by atoms with Crippen molar-refractivity contribution in [1.82, 2.24) is 10.2 Å². The molecule has 1 atom stereocenters. The third kappa shape index (κ3) is 7.69. The molecule has 0 fully saturated rings. The number of benzene rings is 3. The number of aryl methyl sites for hydroxylation is 1. The van der Waals surface area contributed by atoms with E-state index in [0.29, 0.717) is 5.69 Å². The largest absolute Gasteiger partial charge is 0.352 e. The summed E-state index contributed by atoms with van der Waals surface area (Å²) in [6.45, 7) is 11.2. The maximum absolute atomic E-state index is 13.9. The van der Waals surface area contributed by atoms with E-state index >= 15 is 0 Å². The monoisotopic (exact) mass is 549 g/mol. The first-order chi connectivity index (χ1) is 18.4. The zero-order valence-corrected chi connectivity index (χ0v) is 24.4. The van der Waals surface area contributed by atoms with Crippen LogP contribution >= 0.6 is 0 Å². The predicted molar refractivity (Wildman–Crippen MR) is 156 cm³/mol. The highest BCUT2D eigenvalue weighted by Gasteiger charge is 2.32. The molecule has 0 saturated heterocycles. The van der Waals surface area contributed by atoms with Gasteiger partial charge in [-0.15, -0.1) is 0 Å². The van der Waals surface area contributed by atoms with Crippen molar-refractivity contribution in [2.45, 2.75) is 71.0 Å². The average Bonchev–Trinajstić information content (AvgIpc) is 2.91. The quantitative estimate of drug-likeness (QED) is 0.354. The minimum Gasteiger partial charge on any atom is -0.352 e. The van der Waals surface area contributed by atoms with Gasteiger partial charge in [-0.2, -0.15) is 0 Å². The summed E-state index contributed by atoms with van der Waals surface area (Å²) in [4.78, 5) is 28.4. The van der Waals surface area contributed by atoms with Crippen LogP contribution in [0.3, 0.4) is 0 Å². The molecular weight excluding hydrogens is 510 g/mol. The molecule has 0 aromatic heterocycles. The van der Waals surface area contributed by atoms with Crippen molar-refractivity contribution in [3.63, 3.8) is 0 Å². The Morgan fingerprint density at radius 2 is 1.41 bits per heavy atom. The first-order valence-electron chi connectivity index (χ1n) is 13.2. The summed E-state index contributed by atoms with van der Waals surface area (Å²) in [5.74, 6) is -0.510. The van der Waals surface area contributed by atoms with Crippen LogP contribution in [0.1, 0.15) is 57.2 Å². The third-order valence-electron chi connectivity index (χ3n) is 6.53. The normalized spacial score (nSPS) is 12.3. The zero-order chi connectivity index (χ0) is 28.7. The van der Waals surface area contributed by atoms with Gasteiger partial charge in [-0.1, -0.05) is 74.0 Å². The molecule has 0 heterocycles. The first-order valence-corrected chi connectivity index (χ1v) is 14.7. The van der Waals surface area contributed by atoms with Crippen molar-refractivity contribution in [3.05, 3.63) is 95.6 Å². The number of rotatable bonds is 11. The number of sulfonamides is 1. The molecule has 3 aromatic rings. The average molecular weight is 550 g/mol. The molecule has 2 amide bonds. The topological polar surface area (TPSA) is 86.8 Å². The number of nitrogens with one attached hydrogen (secondary N) is 1. The molecular formula is C31H39N3O4S. The van der Waals surface area contributed by atoms with Gasteiger partial charge in [-0.05, 0) is 69.0 Å². The summed E-state index contributed by atoms with van der Waals surface area (Å²) in [7, 11) is -4.07. The summed E-state index contributed by atoms with van der Waals surface area (Å²) in [5.41, 5.74) is 3.36. The lowest BCUT2D eigenvalue weighted by Gasteiger charge is -2.32. The minimum atomic E-state index is -4.07. The molecule has 0 radical (unpaired) electrons. The molecule has 3 rings (SSSR count). The van der Waals surface area contributed by atoms with Gasteiger partial charge in [0.2, 0.25) is 11.8 Å². The number of carbonyl (C=O) groups is 2. The highest BCUT2D eigenvalue weighted by Crippen LogP contribution is 2.26. The Labute approximate surface area is 232 Å². The molecule has 1 N–H and O–H groups in total. The van der Waals surface area contributed by atoms with E-state index in [9.17, 15) is 18.0 Å². The lowest BCUT2D eigenvalue weighted by atomic mass is 10.0. The molecule has 39 heavy (non-hydrogen) atoms. The van der Waals surface area contributed by atoms with E-state index in [1.54, 1.807) is 37.3 Å². The molecule has 208 valence electrons. The Balaban J connectivity index is 2.02. The smallest absolute Gasteiger partial charge is 0.264 e. The summed E-state index contributed by atoms with van der Waals surface area (Å²) in [5, 5.41) is 2.87. The highest BCUT2D eigenvalue weighted by atomic mass is 32.2. The summed E-state index contributed by atoms with van der Waals surface area (Å²) < 4.78 is 28.8. The van der Waals surface area contributed by atoms with Gasteiger partial charge in [-0.25, -0.2) is 8.42 Å². The lowest BCUT2D eigenvalue weighted by Crippen LogP contribution is -2.52. The number of hydrogen-bond acceptors (Lipinski definition) is 4. The van der Waals surface area contributed by atoms with Crippen LogP contribution in [0.25, 0.3) is 0 Å². The van der Waals surface area contributed by atoms with Crippen LogP contribution in [0, 0.1) is 6.92 Å². The van der Waals surface area contributed by atoms with Crippen LogP contribution in [0.15, 0.2) is 83.8 Å². The zero-order valence-electron chi connectivity index (χ0n) is 23.6. The molecule has 0 aliphatic carbocycles. The van der Waals surface area contributed by atoms with Gasteiger partial charge in [0.1, 0.15) is 12.6 Å². The number of anilines is 1. The maximum Gasteiger partial charge on any atom is 0.264 e. The standard InChI is InChI=1S/C31H39N3O4S/c1-22(2)27-16-18-28(19-17-27)34(39(37,38)29-10-8-7-9-11-29)21-30(35)33(25(6)31(36)32-23(3)4)20-26-14-12-24(5)13-15-26/h7-19,22-23,25H,20-21H2,1-6H3,(H,32,36)/t25-/m0/s1. The van der Waals surface area contributed by atoms with Crippen molar-refractivity contribution in [2.24, 2.45) is 0 Å². The van der Waals surface area contributed by atoms with Gasteiger partial charge in [0.05, 0.1) is 10.6 Å². The second-order valence-corrected chi connectivity index (χ2v) is 12.3. The molecule has 0 bridgehead atoms. The number of amides is 2. The van der Waals surface area contributed by atoms with Gasteiger partial charge in [0.25, 0.3) is 10.0 Å². The third-order valence-corrected chi connectivity index (χ3v) is 8.32. The summed E-state index contributed by atoms with van der Waals surface area (Å²) >= 11 is 0. The van der Waals surface area contributed by atoms with E-state index in [1.807, 2.05) is 57.2 Å². The van der Waals surface area contributed by atoms with Crippen molar-refractivity contribution in [3.8, 4) is 0 Å². The van der Waals surface area contributed by atoms with Crippen molar-refractivity contribution in [1.29, 1.82) is 0 Å².